The highest BCUT2D eigenvalue weighted by atomic mass is 35.5. The predicted octanol–water partition coefficient (Wildman–Crippen LogP) is 1.14. The molecule has 0 aliphatic carbocycles. The number of halogens is 1. The maximum Gasteiger partial charge on any atom is 0.316 e. The average Bonchev–Trinajstić information content (AvgIpc) is 1.86. The molecule has 0 saturated heterocycles. The van der Waals surface area contributed by atoms with Gasteiger partial charge in [0, 0.05) is 20.0 Å². The molecule has 0 aromatic heterocycles. The van der Waals surface area contributed by atoms with Crippen LogP contribution < -0.4 is 0 Å². The minimum atomic E-state index is -0.861. The summed E-state index contributed by atoms with van der Waals surface area (Å²) in [5.74, 6) is -0.861. The van der Waals surface area contributed by atoms with Gasteiger partial charge >= 0.3 is 11.3 Å². The first kappa shape index (κ1) is 10.2. The molecule has 5 heteroatoms. The molecule has 1 amide bonds. The maximum atomic E-state index is 10.4. The Bertz CT molecular complexity index is 160. The van der Waals surface area contributed by atoms with Crippen molar-refractivity contribution < 1.29 is 14.7 Å². The molecule has 0 aromatic rings. The number of carbonyl (C=O) groups is 2. The molecule has 0 rings (SSSR count). The van der Waals surface area contributed by atoms with Crippen LogP contribution in [0.5, 0.6) is 0 Å². The largest absolute Gasteiger partial charge is 0.481 e. The summed E-state index contributed by atoms with van der Waals surface area (Å²) in [6.45, 7) is 0.384. The molecule has 0 heterocycles. The van der Waals surface area contributed by atoms with E-state index in [0.29, 0.717) is 13.0 Å². The van der Waals surface area contributed by atoms with Crippen molar-refractivity contribution in [2.75, 3.05) is 13.6 Å². The van der Waals surface area contributed by atoms with Crippen molar-refractivity contribution in [3.8, 4) is 0 Å². The van der Waals surface area contributed by atoms with Gasteiger partial charge in [-0.3, -0.25) is 9.59 Å². The van der Waals surface area contributed by atoms with Gasteiger partial charge in [0.1, 0.15) is 0 Å². The number of amides is 1. The Hall–Kier alpha value is -0.770. The van der Waals surface area contributed by atoms with Gasteiger partial charge in [-0.05, 0) is 18.0 Å². The van der Waals surface area contributed by atoms with Gasteiger partial charge in [0.25, 0.3) is 0 Å². The minimum absolute atomic E-state index is 0.0640. The Morgan fingerprint density at radius 1 is 1.55 bits per heavy atom. The second kappa shape index (κ2) is 4.96. The van der Waals surface area contributed by atoms with E-state index in [1.54, 1.807) is 0 Å². The summed E-state index contributed by atoms with van der Waals surface area (Å²) in [5.41, 5.74) is 0. The fraction of sp³-hybridized carbons (Fsp3) is 0.667. The topological polar surface area (TPSA) is 57.6 Å². The van der Waals surface area contributed by atoms with Gasteiger partial charge in [-0.25, -0.2) is 0 Å². The molecule has 4 nitrogen and oxygen atoms in total. The summed E-state index contributed by atoms with van der Waals surface area (Å²) in [7, 11) is 1.52. The molecule has 0 aliphatic heterocycles. The molecule has 0 saturated carbocycles. The molecule has 0 unspecified atom stereocenters. The lowest BCUT2D eigenvalue weighted by atomic mass is 10.3. The summed E-state index contributed by atoms with van der Waals surface area (Å²) >= 11 is 5.08. The third-order valence-electron chi connectivity index (χ3n) is 1.18. The van der Waals surface area contributed by atoms with E-state index in [0.717, 1.165) is 0 Å². The lowest BCUT2D eigenvalue weighted by Crippen LogP contribution is -2.22. The summed E-state index contributed by atoms with van der Waals surface area (Å²) in [4.78, 5) is 21.6. The SMILES string of the molecule is CN(CCCC(=O)O)C(=O)Cl. The Morgan fingerprint density at radius 3 is 2.45 bits per heavy atom. The highest BCUT2D eigenvalue weighted by molar-refractivity contribution is 6.62. The summed E-state index contributed by atoms with van der Waals surface area (Å²) in [6.07, 6.45) is 0.499. The van der Waals surface area contributed by atoms with Gasteiger partial charge in [-0.1, -0.05) is 0 Å². The molecule has 0 aromatic carbocycles. The Kier molecular flexibility index (Phi) is 4.61. The van der Waals surface area contributed by atoms with Crippen molar-refractivity contribution >= 4 is 22.9 Å². The van der Waals surface area contributed by atoms with Crippen LogP contribution in [0.25, 0.3) is 0 Å². The van der Waals surface area contributed by atoms with Gasteiger partial charge in [-0.15, -0.1) is 0 Å². The van der Waals surface area contributed by atoms with E-state index in [2.05, 4.69) is 0 Å². The van der Waals surface area contributed by atoms with E-state index >= 15 is 0 Å². The molecule has 64 valence electrons. The number of carbonyl (C=O) groups excluding carboxylic acids is 1. The third-order valence-corrected chi connectivity index (χ3v) is 1.47. The number of carboxylic acids is 1. The fourth-order valence-corrected chi connectivity index (χ4v) is 0.640. The van der Waals surface area contributed by atoms with E-state index in [1.807, 2.05) is 0 Å². The van der Waals surface area contributed by atoms with Crippen LogP contribution in [-0.4, -0.2) is 34.9 Å². The Balaban J connectivity index is 3.39. The Labute approximate surface area is 69.7 Å². The van der Waals surface area contributed by atoms with E-state index < -0.39 is 11.3 Å². The second-order valence-electron chi connectivity index (χ2n) is 2.17. The standard InChI is InChI=1S/C6H10ClNO3/c1-8(6(7)11)4-2-3-5(9)10/h2-4H2,1H3,(H,9,10). The van der Waals surface area contributed by atoms with Crippen molar-refractivity contribution in [2.45, 2.75) is 12.8 Å². The monoisotopic (exact) mass is 179 g/mol. The summed E-state index contributed by atoms with van der Waals surface area (Å²) < 4.78 is 0. The van der Waals surface area contributed by atoms with E-state index in [1.165, 1.54) is 11.9 Å². The number of carboxylic acid groups (broad SMARTS) is 1. The van der Waals surface area contributed by atoms with Crippen LogP contribution in [0.1, 0.15) is 12.8 Å². The Morgan fingerprint density at radius 2 is 2.09 bits per heavy atom. The van der Waals surface area contributed by atoms with Crippen LogP contribution in [0.15, 0.2) is 0 Å². The molecule has 0 aliphatic rings. The summed E-state index contributed by atoms with van der Waals surface area (Å²) in [5, 5.41) is 7.67. The average molecular weight is 180 g/mol. The molecule has 0 spiro atoms. The van der Waals surface area contributed by atoms with Crippen molar-refractivity contribution in [1.82, 2.24) is 4.90 Å². The predicted molar refractivity (Wildman–Crippen MR) is 40.7 cm³/mol. The second-order valence-corrected chi connectivity index (χ2v) is 2.50. The highest BCUT2D eigenvalue weighted by Gasteiger charge is 2.04. The van der Waals surface area contributed by atoms with Crippen LogP contribution >= 0.6 is 11.6 Å². The molecule has 11 heavy (non-hydrogen) atoms. The number of rotatable bonds is 4. The first-order valence-corrected chi connectivity index (χ1v) is 3.54. The first-order valence-electron chi connectivity index (χ1n) is 3.16. The van der Waals surface area contributed by atoms with E-state index in [9.17, 15) is 9.59 Å². The van der Waals surface area contributed by atoms with Crippen molar-refractivity contribution in [2.24, 2.45) is 0 Å². The lowest BCUT2D eigenvalue weighted by molar-refractivity contribution is -0.137. The number of hydrogen-bond donors (Lipinski definition) is 1. The number of nitrogens with zero attached hydrogens (tertiary/aromatic N) is 1. The van der Waals surface area contributed by atoms with Crippen LogP contribution in [0.3, 0.4) is 0 Å². The van der Waals surface area contributed by atoms with Crippen molar-refractivity contribution in [3.63, 3.8) is 0 Å². The zero-order valence-corrected chi connectivity index (χ0v) is 6.97. The first-order chi connectivity index (χ1) is 5.04. The molecular formula is C6H10ClNO3. The number of hydrogen-bond acceptors (Lipinski definition) is 2. The van der Waals surface area contributed by atoms with Gasteiger partial charge in [0.05, 0.1) is 0 Å². The summed E-state index contributed by atoms with van der Waals surface area (Å²) in [6, 6.07) is 0. The van der Waals surface area contributed by atoms with Crippen LogP contribution in [0, 0.1) is 0 Å². The quantitative estimate of drug-likeness (QED) is 0.520. The van der Waals surface area contributed by atoms with Crippen LogP contribution in [-0.2, 0) is 4.79 Å². The lowest BCUT2D eigenvalue weighted by Gasteiger charge is -2.11. The molecule has 0 atom stereocenters. The minimum Gasteiger partial charge on any atom is -0.481 e. The van der Waals surface area contributed by atoms with Crippen LogP contribution in [0.4, 0.5) is 4.79 Å². The third kappa shape index (κ3) is 5.66. The van der Waals surface area contributed by atoms with Gasteiger partial charge in [0.15, 0.2) is 0 Å². The van der Waals surface area contributed by atoms with Gasteiger partial charge in [-0.2, -0.15) is 0 Å². The van der Waals surface area contributed by atoms with Crippen molar-refractivity contribution in [3.05, 3.63) is 0 Å². The van der Waals surface area contributed by atoms with Gasteiger partial charge < -0.3 is 10.0 Å². The normalized spacial score (nSPS) is 9.27. The zero-order valence-electron chi connectivity index (χ0n) is 6.21. The molecule has 0 radical (unpaired) electrons. The molecule has 1 N–H and O–H groups in total. The maximum absolute atomic E-state index is 10.4. The molecular weight excluding hydrogens is 170 g/mol. The molecule has 0 bridgehead atoms. The molecule has 0 fully saturated rings. The van der Waals surface area contributed by atoms with E-state index in [4.69, 9.17) is 16.7 Å². The van der Waals surface area contributed by atoms with Crippen LogP contribution in [0.2, 0.25) is 0 Å². The smallest absolute Gasteiger partial charge is 0.316 e. The highest BCUT2D eigenvalue weighted by Crippen LogP contribution is 1.96. The van der Waals surface area contributed by atoms with E-state index in [-0.39, 0.29) is 6.42 Å². The zero-order chi connectivity index (χ0) is 8.85. The number of aliphatic carboxylic acids is 1. The fourth-order valence-electron chi connectivity index (χ4n) is 0.555. The van der Waals surface area contributed by atoms with Gasteiger partial charge in [0.2, 0.25) is 0 Å². The van der Waals surface area contributed by atoms with Crippen molar-refractivity contribution in [1.29, 1.82) is 0 Å².